The zero-order valence-electron chi connectivity index (χ0n) is 9.28. The van der Waals surface area contributed by atoms with Gasteiger partial charge >= 0.3 is 6.18 Å². The number of hydrogen-bond donors (Lipinski definition) is 0. The fraction of sp³-hybridized carbons (Fsp3) is 0.400. The van der Waals surface area contributed by atoms with Crippen LogP contribution in [-0.4, -0.2) is 23.9 Å². The van der Waals surface area contributed by atoms with Gasteiger partial charge in [0.15, 0.2) is 0 Å². The Morgan fingerprint density at radius 2 is 1.94 bits per heavy atom. The van der Waals surface area contributed by atoms with Crippen LogP contribution in [0.3, 0.4) is 0 Å². The lowest BCUT2D eigenvalue weighted by atomic mass is 10.1. The summed E-state index contributed by atoms with van der Waals surface area (Å²) in [5, 5.41) is 10.7. The molecule has 0 bridgehead atoms. The fourth-order valence-electron chi connectivity index (χ4n) is 1.38. The van der Waals surface area contributed by atoms with Crippen molar-refractivity contribution < 1.29 is 18.1 Å². The maximum absolute atomic E-state index is 12.4. The van der Waals surface area contributed by atoms with Crippen LogP contribution in [0.4, 0.5) is 18.9 Å². The van der Waals surface area contributed by atoms with Crippen molar-refractivity contribution in [3.05, 3.63) is 39.4 Å². The number of rotatable bonds is 3. The summed E-state index contributed by atoms with van der Waals surface area (Å²) in [4.78, 5) is 11.6. The first-order valence-corrected chi connectivity index (χ1v) is 4.71. The molecule has 0 saturated carbocycles. The third kappa shape index (κ3) is 3.42. The molecule has 4 nitrogen and oxygen atoms in total. The summed E-state index contributed by atoms with van der Waals surface area (Å²) < 4.78 is 37.2. The normalized spacial score (nSPS) is 11.9. The van der Waals surface area contributed by atoms with Crippen LogP contribution < -0.4 is 0 Å². The maximum atomic E-state index is 12.4. The van der Waals surface area contributed by atoms with E-state index in [0.29, 0.717) is 6.07 Å². The minimum Gasteiger partial charge on any atom is -0.305 e. The summed E-state index contributed by atoms with van der Waals surface area (Å²) in [6.45, 7) is 0.217. The molecule has 0 radical (unpaired) electrons. The van der Waals surface area contributed by atoms with E-state index in [1.54, 1.807) is 19.0 Å². The molecule has 0 unspecified atom stereocenters. The van der Waals surface area contributed by atoms with Gasteiger partial charge in [0.25, 0.3) is 5.69 Å². The molecular weight excluding hydrogens is 237 g/mol. The molecule has 1 rings (SSSR count). The monoisotopic (exact) mass is 248 g/mol. The zero-order chi connectivity index (χ0) is 13.2. The van der Waals surface area contributed by atoms with Crippen LogP contribution in [0, 0.1) is 10.1 Å². The number of alkyl halides is 3. The largest absolute Gasteiger partial charge is 0.416 e. The third-order valence-corrected chi connectivity index (χ3v) is 2.10. The van der Waals surface area contributed by atoms with E-state index in [0.717, 1.165) is 12.1 Å². The highest BCUT2D eigenvalue weighted by Gasteiger charge is 2.32. The van der Waals surface area contributed by atoms with E-state index in [1.165, 1.54) is 0 Å². The Kier molecular flexibility index (Phi) is 3.72. The molecule has 94 valence electrons. The number of benzene rings is 1. The van der Waals surface area contributed by atoms with Gasteiger partial charge in [-0.2, -0.15) is 13.2 Å². The van der Waals surface area contributed by atoms with Crippen molar-refractivity contribution in [3.63, 3.8) is 0 Å². The lowest BCUT2D eigenvalue weighted by Gasteiger charge is -2.12. The van der Waals surface area contributed by atoms with Gasteiger partial charge in [0.05, 0.1) is 10.5 Å². The second-order valence-corrected chi connectivity index (χ2v) is 3.84. The Balaban J connectivity index is 3.22. The maximum Gasteiger partial charge on any atom is 0.416 e. The molecule has 0 amide bonds. The molecule has 1 aromatic rings. The molecule has 0 saturated heterocycles. The lowest BCUT2D eigenvalue weighted by Crippen LogP contribution is -2.13. The molecule has 0 N–H and O–H groups in total. The molecule has 7 heteroatoms. The Morgan fingerprint density at radius 1 is 1.35 bits per heavy atom. The van der Waals surface area contributed by atoms with E-state index in [9.17, 15) is 23.3 Å². The first kappa shape index (κ1) is 13.4. The van der Waals surface area contributed by atoms with Crippen molar-refractivity contribution in [2.45, 2.75) is 12.7 Å². The molecule has 0 atom stereocenters. The van der Waals surface area contributed by atoms with Gasteiger partial charge in [0, 0.05) is 18.2 Å². The van der Waals surface area contributed by atoms with E-state index in [2.05, 4.69) is 0 Å². The van der Waals surface area contributed by atoms with Crippen LogP contribution in [-0.2, 0) is 12.7 Å². The minimum absolute atomic E-state index is 0.217. The van der Waals surface area contributed by atoms with Gasteiger partial charge in [-0.05, 0) is 20.2 Å². The molecule has 0 aliphatic rings. The molecule has 0 fully saturated rings. The van der Waals surface area contributed by atoms with Gasteiger partial charge in [0.1, 0.15) is 0 Å². The molecular formula is C10H11F3N2O2. The topological polar surface area (TPSA) is 46.4 Å². The average Bonchev–Trinajstić information content (AvgIpc) is 2.15. The van der Waals surface area contributed by atoms with E-state index < -0.39 is 22.4 Å². The molecule has 0 aliphatic heterocycles. The number of nitrogens with zero attached hydrogens (tertiary/aromatic N) is 2. The Labute approximate surface area is 95.8 Å². The quantitative estimate of drug-likeness (QED) is 0.610. The fourth-order valence-corrected chi connectivity index (χ4v) is 1.38. The van der Waals surface area contributed by atoms with Crippen LogP contribution in [0.2, 0.25) is 0 Å². The molecule has 0 aliphatic carbocycles. The predicted molar refractivity (Wildman–Crippen MR) is 55.5 cm³/mol. The van der Waals surface area contributed by atoms with Crippen molar-refractivity contribution in [3.8, 4) is 0 Å². The van der Waals surface area contributed by atoms with Crippen molar-refractivity contribution >= 4 is 5.69 Å². The Morgan fingerprint density at radius 3 is 2.35 bits per heavy atom. The van der Waals surface area contributed by atoms with E-state index in [1.807, 2.05) is 0 Å². The van der Waals surface area contributed by atoms with Crippen LogP contribution in [0.1, 0.15) is 11.1 Å². The van der Waals surface area contributed by atoms with Crippen molar-refractivity contribution in [1.29, 1.82) is 0 Å². The second kappa shape index (κ2) is 4.70. The van der Waals surface area contributed by atoms with Gasteiger partial charge in [-0.3, -0.25) is 10.1 Å². The van der Waals surface area contributed by atoms with Crippen LogP contribution in [0.25, 0.3) is 0 Å². The Hall–Kier alpha value is -1.63. The summed E-state index contributed by atoms with van der Waals surface area (Å²) in [6.07, 6.45) is -4.57. The van der Waals surface area contributed by atoms with Gasteiger partial charge in [-0.15, -0.1) is 0 Å². The van der Waals surface area contributed by atoms with Gasteiger partial charge in [-0.25, -0.2) is 0 Å². The first-order valence-electron chi connectivity index (χ1n) is 4.71. The highest BCUT2D eigenvalue weighted by Crippen LogP contribution is 2.33. The standard InChI is InChI=1S/C10H11F3N2O2/c1-14(2)6-7-3-4-8(10(11,12)13)5-9(7)15(16)17/h3-5H,6H2,1-2H3. The summed E-state index contributed by atoms with van der Waals surface area (Å²) in [5.74, 6) is 0. The summed E-state index contributed by atoms with van der Waals surface area (Å²) in [6, 6.07) is 2.56. The van der Waals surface area contributed by atoms with Gasteiger partial charge in [0.2, 0.25) is 0 Å². The summed E-state index contributed by atoms with van der Waals surface area (Å²) >= 11 is 0. The predicted octanol–water partition coefficient (Wildman–Crippen LogP) is 2.68. The lowest BCUT2D eigenvalue weighted by molar-refractivity contribution is -0.386. The number of halogens is 3. The highest BCUT2D eigenvalue weighted by molar-refractivity contribution is 5.44. The molecule has 0 spiro atoms. The Bertz CT molecular complexity index is 430. The van der Waals surface area contributed by atoms with E-state index in [-0.39, 0.29) is 12.1 Å². The van der Waals surface area contributed by atoms with E-state index >= 15 is 0 Å². The number of nitro benzene ring substituents is 1. The molecule has 17 heavy (non-hydrogen) atoms. The van der Waals surface area contributed by atoms with Crippen LogP contribution in [0.15, 0.2) is 18.2 Å². The summed E-state index contributed by atoms with van der Waals surface area (Å²) in [7, 11) is 3.36. The second-order valence-electron chi connectivity index (χ2n) is 3.84. The third-order valence-electron chi connectivity index (χ3n) is 2.10. The zero-order valence-corrected chi connectivity index (χ0v) is 9.28. The average molecular weight is 248 g/mol. The molecule has 0 aromatic heterocycles. The van der Waals surface area contributed by atoms with E-state index in [4.69, 9.17) is 0 Å². The van der Waals surface area contributed by atoms with Crippen molar-refractivity contribution in [2.75, 3.05) is 14.1 Å². The van der Waals surface area contributed by atoms with Crippen molar-refractivity contribution in [1.82, 2.24) is 4.90 Å². The minimum atomic E-state index is -4.57. The van der Waals surface area contributed by atoms with Crippen LogP contribution in [0.5, 0.6) is 0 Å². The van der Waals surface area contributed by atoms with Crippen molar-refractivity contribution in [2.24, 2.45) is 0 Å². The number of nitro groups is 1. The first-order chi connectivity index (χ1) is 7.71. The van der Waals surface area contributed by atoms with Gasteiger partial charge < -0.3 is 4.90 Å². The molecule has 1 aromatic carbocycles. The smallest absolute Gasteiger partial charge is 0.305 e. The van der Waals surface area contributed by atoms with Crippen LogP contribution >= 0.6 is 0 Å². The summed E-state index contributed by atoms with van der Waals surface area (Å²) in [5.41, 5.74) is -1.26. The highest BCUT2D eigenvalue weighted by atomic mass is 19.4. The SMILES string of the molecule is CN(C)Cc1ccc(C(F)(F)F)cc1[N+](=O)[O-]. The molecule has 0 heterocycles. The number of hydrogen-bond acceptors (Lipinski definition) is 3. The van der Waals surface area contributed by atoms with Gasteiger partial charge in [-0.1, -0.05) is 6.07 Å².